The zero-order chi connectivity index (χ0) is 25.6. The summed E-state index contributed by atoms with van der Waals surface area (Å²) in [5, 5.41) is 14.7. The molecule has 0 aliphatic heterocycles. The second kappa shape index (κ2) is 11.2. The van der Waals surface area contributed by atoms with Gasteiger partial charge in [0.25, 0.3) is 0 Å². The smallest absolute Gasteiger partial charge is 0.480 e. The molecule has 35 heavy (non-hydrogen) atoms. The monoisotopic (exact) mass is 506 g/mol. The standard InChI is InChI=1S/C24H21F3N2O5S/c1-2-17-12-18(21(32)15-8-10-16(11-9-15)34-24(25,26)27)23(35-17)29-22(33)20(28-13-19(30)31)14-6-4-3-5-7-14/h3-12,20,28H,2,13H2,1H3,(H,29,33)(H,30,31). The van der Waals surface area contributed by atoms with Crippen LogP contribution in [0.15, 0.2) is 60.7 Å². The molecule has 3 aromatic rings. The first-order chi connectivity index (χ1) is 16.6. The van der Waals surface area contributed by atoms with E-state index in [-0.39, 0.29) is 16.1 Å². The molecule has 0 aliphatic rings. The number of ketones is 1. The van der Waals surface area contributed by atoms with Crippen LogP contribution in [0, 0.1) is 0 Å². The van der Waals surface area contributed by atoms with E-state index in [9.17, 15) is 27.6 Å². The van der Waals surface area contributed by atoms with Gasteiger partial charge in [0.1, 0.15) is 16.8 Å². The van der Waals surface area contributed by atoms with Crippen LogP contribution in [0.2, 0.25) is 0 Å². The summed E-state index contributed by atoms with van der Waals surface area (Å²) in [6.07, 6.45) is -4.27. The van der Waals surface area contributed by atoms with E-state index in [2.05, 4.69) is 15.4 Å². The van der Waals surface area contributed by atoms with Gasteiger partial charge in [0.05, 0.1) is 12.1 Å². The van der Waals surface area contributed by atoms with Crippen molar-refractivity contribution in [1.29, 1.82) is 0 Å². The fraction of sp³-hybridized carbons (Fsp3) is 0.208. The third kappa shape index (κ3) is 7.14. The zero-order valence-electron chi connectivity index (χ0n) is 18.4. The lowest BCUT2D eigenvalue weighted by atomic mass is 10.0. The molecule has 3 rings (SSSR count). The van der Waals surface area contributed by atoms with Gasteiger partial charge < -0.3 is 15.2 Å². The van der Waals surface area contributed by atoms with Crippen LogP contribution in [0.1, 0.15) is 39.3 Å². The highest BCUT2D eigenvalue weighted by atomic mass is 32.1. The first-order valence-electron chi connectivity index (χ1n) is 10.4. The normalized spacial score (nSPS) is 12.1. The summed E-state index contributed by atoms with van der Waals surface area (Å²) >= 11 is 1.19. The van der Waals surface area contributed by atoms with E-state index in [1.165, 1.54) is 23.5 Å². The van der Waals surface area contributed by atoms with Crippen molar-refractivity contribution in [1.82, 2.24) is 5.32 Å². The average Bonchev–Trinajstić information content (AvgIpc) is 3.21. The van der Waals surface area contributed by atoms with Crippen molar-refractivity contribution in [3.8, 4) is 5.75 Å². The van der Waals surface area contributed by atoms with Crippen LogP contribution in [0.3, 0.4) is 0 Å². The third-order valence-electron chi connectivity index (χ3n) is 4.82. The number of carbonyl (C=O) groups is 3. The number of halogens is 3. The van der Waals surface area contributed by atoms with Crippen molar-refractivity contribution in [2.75, 3.05) is 11.9 Å². The lowest BCUT2D eigenvalue weighted by molar-refractivity contribution is -0.274. The van der Waals surface area contributed by atoms with Crippen molar-refractivity contribution in [3.63, 3.8) is 0 Å². The number of carbonyl (C=O) groups excluding carboxylic acids is 2. The number of nitrogens with one attached hydrogen (secondary N) is 2. The van der Waals surface area contributed by atoms with Gasteiger partial charge in [-0.3, -0.25) is 19.7 Å². The Morgan fingerprint density at radius 1 is 1.06 bits per heavy atom. The number of benzene rings is 2. The summed E-state index contributed by atoms with van der Waals surface area (Å²) in [7, 11) is 0. The van der Waals surface area contributed by atoms with E-state index >= 15 is 0 Å². The highest BCUT2D eigenvalue weighted by Gasteiger charge is 2.31. The van der Waals surface area contributed by atoms with Crippen molar-refractivity contribution in [2.24, 2.45) is 0 Å². The topological polar surface area (TPSA) is 105 Å². The lowest BCUT2D eigenvalue weighted by Crippen LogP contribution is -2.36. The van der Waals surface area contributed by atoms with Gasteiger partial charge in [0.2, 0.25) is 5.91 Å². The van der Waals surface area contributed by atoms with Crippen LogP contribution in [0.25, 0.3) is 0 Å². The first-order valence-corrected chi connectivity index (χ1v) is 11.2. The van der Waals surface area contributed by atoms with Gasteiger partial charge >= 0.3 is 12.3 Å². The van der Waals surface area contributed by atoms with Crippen molar-refractivity contribution in [2.45, 2.75) is 25.7 Å². The molecule has 184 valence electrons. The fourth-order valence-electron chi connectivity index (χ4n) is 3.22. The Morgan fingerprint density at radius 3 is 2.29 bits per heavy atom. The van der Waals surface area contributed by atoms with E-state index in [0.717, 1.165) is 17.0 Å². The van der Waals surface area contributed by atoms with Crippen LogP contribution >= 0.6 is 11.3 Å². The Bertz CT molecular complexity index is 1190. The van der Waals surface area contributed by atoms with Gasteiger partial charge in [-0.2, -0.15) is 0 Å². The van der Waals surface area contributed by atoms with Crippen LogP contribution in [0.4, 0.5) is 18.2 Å². The maximum absolute atomic E-state index is 13.1. The van der Waals surface area contributed by atoms with Crippen LogP contribution in [0.5, 0.6) is 5.75 Å². The maximum Gasteiger partial charge on any atom is 0.573 e. The highest BCUT2D eigenvalue weighted by Crippen LogP contribution is 2.32. The molecule has 0 saturated carbocycles. The summed E-state index contributed by atoms with van der Waals surface area (Å²) in [5.41, 5.74) is 0.820. The predicted octanol–water partition coefficient (Wildman–Crippen LogP) is 4.79. The molecular weight excluding hydrogens is 485 g/mol. The average molecular weight is 507 g/mol. The number of aryl methyl sites for hydroxylation is 1. The number of amides is 1. The van der Waals surface area contributed by atoms with E-state index in [1.807, 2.05) is 6.92 Å². The molecule has 0 spiro atoms. The molecule has 0 aliphatic carbocycles. The number of thiophene rings is 1. The third-order valence-corrected chi connectivity index (χ3v) is 6.01. The first kappa shape index (κ1) is 25.9. The summed E-state index contributed by atoms with van der Waals surface area (Å²) in [6, 6.07) is 13.6. The number of carboxylic acid groups (broad SMARTS) is 1. The molecule has 0 saturated heterocycles. The number of anilines is 1. The lowest BCUT2D eigenvalue weighted by Gasteiger charge is -2.18. The number of alkyl halides is 3. The predicted molar refractivity (Wildman–Crippen MR) is 124 cm³/mol. The Balaban J connectivity index is 1.86. The number of hydrogen-bond donors (Lipinski definition) is 3. The largest absolute Gasteiger partial charge is 0.573 e. The Hall–Kier alpha value is -3.70. The zero-order valence-corrected chi connectivity index (χ0v) is 19.2. The molecule has 1 aromatic heterocycles. The minimum Gasteiger partial charge on any atom is -0.480 e. The quantitative estimate of drug-likeness (QED) is 0.342. The molecule has 1 unspecified atom stereocenters. The number of rotatable bonds is 10. The number of aliphatic carboxylic acids is 1. The van der Waals surface area contributed by atoms with Gasteiger partial charge in [-0.25, -0.2) is 0 Å². The van der Waals surface area contributed by atoms with E-state index in [1.54, 1.807) is 36.4 Å². The molecular formula is C24H21F3N2O5S. The Labute approximate surface area is 202 Å². The van der Waals surface area contributed by atoms with Crippen LogP contribution in [-0.2, 0) is 16.0 Å². The maximum atomic E-state index is 13.1. The van der Waals surface area contributed by atoms with E-state index in [0.29, 0.717) is 12.0 Å². The minimum absolute atomic E-state index is 0.110. The van der Waals surface area contributed by atoms with Gasteiger partial charge in [-0.05, 0) is 42.3 Å². The number of ether oxygens (including phenoxy) is 1. The molecule has 0 fully saturated rings. The minimum atomic E-state index is -4.85. The summed E-state index contributed by atoms with van der Waals surface area (Å²) in [6.45, 7) is 1.41. The SMILES string of the molecule is CCc1cc(C(=O)c2ccc(OC(F)(F)F)cc2)c(NC(=O)C(NCC(=O)O)c2ccccc2)s1. The molecule has 2 aromatic carbocycles. The van der Waals surface area contributed by atoms with Gasteiger partial charge in [0.15, 0.2) is 5.78 Å². The Morgan fingerprint density at radius 2 is 1.71 bits per heavy atom. The summed E-state index contributed by atoms with van der Waals surface area (Å²) in [4.78, 5) is 38.1. The second-order valence-electron chi connectivity index (χ2n) is 7.32. The molecule has 3 N–H and O–H groups in total. The van der Waals surface area contributed by atoms with Gasteiger partial charge in [-0.15, -0.1) is 24.5 Å². The van der Waals surface area contributed by atoms with Crippen LogP contribution in [-0.4, -0.2) is 35.7 Å². The van der Waals surface area contributed by atoms with Crippen molar-refractivity contribution in [3.05, 3.63) is 82.2 Å². The molecule has 1 atom stereocenters. The number of hydrogen-bond acceptors (Lipinski definition) is 6. The molecule has 1 heterocycles. The van der Waals surface area contributed by atoms with Gasteiger partial charge in [0, 0.05) is 10.4 Å². The molecule has 0 bridgehead atoms. The van der Waals surface area contributed by atoms with Crippen LogP contribution < -0.4 is 15.4 Å². The summed E-state index contributed by atoms with van der Waals surface area (Å²) < 4.78 is 41.0. The Kier molecular flexibility index (Phi) is 8.26. The van der Waals surface area contributed by atoms with E-state index in [4.69, 9.17) is 5.11 Å². The highest BCUT2D eigenvalue weighted by molar-refractivity contribution is 7.16. The van der Waals surface area contributed by atoms with Gasteiger partial charge in [-0.1, -0.05) is 37.3 Å². The van der Waals surface area contributed by atoms with E-state index < -0.39 is 42.4 Å². The van der Waals surface area contributed by atoms with Crippen molar-refractivity contribution >= 4 is 34.0 Å². The fourth-order valence-corrected chi connectivity index (χ4v) is 4.22. The molecule has 7 nitrogen and oxygen atoms in total. The van der Waals surface area contributed by atoms with Crippen molar-refractivity contribution < 1.29 is 37.4 Å². The molecule has 1 amide bonds. The number of carboxylic acids is 1. The molecule has 11 heteroatoms. The summed E-state index contributed by atoms with van der Waals surface area (Å²) in [5.74, 6) is -2.66. The molecule has 0 radical (unpaired) electrons. The second-order valence-corrected chi connectivity index (χ2v) is 8.45.